The second kappa shape index (κ2) is 6.64. The lowest BCUT2D eigenvalue weighted by atomic mass is 10.1. The molecule has 0 aromatic heterocycles. The van der Waals surface area contributed by atoms with Gasteiger partial charge in [-0.05, 0) is 31.9 Å². The summed E-state index contributed by atoms with van der Waals surface area (Å²) in [4.78, 5) is 16.3. The van der Waals surface area contributed by atoms with Crippen LogP contribution >= 0.6 is 0 Å². The van der Waals surface area contributed by atoms with Crippen LogP contribution in [-0.4, -0.2) is 43.2 Å². The third kappa shape index (κ3) is 3.44. The number of benzene rings is 1. The Hall–Kier alpha value is -1.71. The fraction of sp³-hybridized carbons (Fsp3) is 0.562. The maximum absolute atomic E-state index is 12.0. The standard InChI is InChI=1S/C16H25N3O/c1-4-14-7-5-6-8-15(14)18-9-11-19(12-10-18)16(20)17-13(2)3/h5-8,13H,4,9-12H2,1-3H3,(H,17,20). The van der Waals surface area contributed by atoms with Crippen LogP contribution in [-0.2, 0) is 6.42 Å². The molecule has 0 unspecified atom stereocenters. The molecule has 110 valence electrons. The fourth-order valence-corrected chi connectivity index (χ4v) is 2.61. The predicted octanol–water partition coefficient (Wildman–Crippen LogP) is 2.49. The molecular weight excluding hydrogens is 250 g/mol. The highest BCUT2D eigenvalue weighted by atomic mass is 16.2. The van der Waals surface area contributed by atoms with Crippen LogP contribution in [0.25, 0.3) is 0 Å². The van der Waals surface area contributed by atoms with E-state index in [9.17, 15) is 4.79 Å². The summed E-state index contributed by atoms with van der Waals surface area (Å²) in [7, 11) is 0. The number of hydrogen-bond acceptors (Lipinski definition) is 2. The maximum atomic E-state index is 12.0. The lowest BCUT2D eigenvalue weighted by Gasteiger charge is -2.37. The highest BCUT2D eigenvalue weighted by Gasteiger charge is 2.22. The highest BCUT2D eigenvalue weighted by molar-refractivity contribution is 5.74. The van der Waals surface area contributed by atoms with E-state index in [0.717, 1.165) is 32.6 Å². The Morgan fingerprint density at radius 1 is 1.20 bits per heavy atom. The molecule has 1 fully saturated rings. The van der Waals surface area contributed by atoms with E-state index < -0.39 is 0 Å². The van der Waals surface area contributed by atoms with Gasteiger partial charge in [0.25, 0.3) is 0 Å². The summed E-state index contributed by atoms with van der Waals surface area (Å²) >= 11 is 0. The zero-order valence-corrected chi connectivity index (χ0v) is 12.7. The second-order valence-corrected chi connectivity index (χ2v) is 5.56. The third-order valence-electron chi connectivity index (χ3n) is 3.69. The fourth-order valence-electron chi connectivity index (χ4n) is 2.61. The first-order valence-corrected chi connectivity index (χ1v) is 7.50. The largest absolute Gasteiger partial charge is 0.368 e. The molecule has 0 spiro atoms. The van der Waals surface area contributed by atoms with Crippen molar-refractivity contribution < 1.29 is 4.79 Å². The number of anilines is 1. The van der Waals surface area contributed by atoms with Crippen LogP contribution in [0.2, 0.25) is 0 Å². The minimum Gasteiger partial charge on any atom is -0.368 e. The topological polar surface area (TPSA) is 35.6 Å². The highest BCUT2D eigenvalue weighted by Crippen LogP contribution is 2.22. The van der Waals surface area contributed by atoms with Crippen LogP contribution in [0.15, 0.2) is 24.3 Å². The molecule has 0 bridgehead atoms. The Labute approximate surface area is 121 Å². The molecule has 1 aromatic rings. The van der Waals surface area contributed by atoms with Gasteiger partial charge in [-0.25, -0.2) is 4.79 Å². The summed E-state index contributed by atoms with van der Waals surface area (Å²) in [5.41, 5.74) is 2.70. The third-order valence-corrected chi connectivity index (χ3v) is 3.69. The summed E-state index contributed by atoms with van der Waals surface area (Å²) in [5, 5.41) is 2.96. The van der Waals surface area contributed by atoms with Gasteiger partial charge in [-0.1, -0.05) is 25.1 Å². The normalized spacial score (nSPS) is 15.6. The molecule has 0 atom stereocenters. The first kappa shape index (κ1) is 14.7. The monoisotopic (exact) mass is 275 g/mol. The maximum Gasteiger partial charge on any atom is 0.317 e. The number of nitrogens with one attached hydrogen (secondary N) is 1. The van der Waals surface area contributed by atoms with Crippen LogP contribution < -0.4 is 10.2 Å². The Morgan fingerprint density at radius 2 is 1.85 bits per heavy atom. The molecule has 0 saturated carbocycles. The van der Waals surface area contributed by atoms with Crippen molar-refractivity contribution in [2.24, 2.45) is 0 Å². The van der Waals surface area contributed by atoms with Gasteiger partial charge in [0.1, 0.15) is 0 Å². The number of piperazine rings is 1. The van der Waals surface area contributed by atoms with Crippen LogP contribution in [0.5, 0.6) is 0 Å². The number of rotatable bonds is 3. The minimum absolute atomic E-state index is 0.0587. The van der Waals surface area contributed by atoms with E-state index in [0.29, 0.717) is 0 Å². The number of carbonyl (C=O) groups is 1. The number of nitrogens with zero attached hydrogens (tertiary/aromatic N) is 2. The van der Waals surface area contributed by atoms with E-state index in [1.165, 1.54) is 11.3 Å². The quantitative estimate of drug-likeness (QED) is 0.920. The molecule has 1 aromatic carbocycles. The van der Waals surface area contributed by atoms with E-state index in [-0.39, 0.29) is 12.1 Å². The van der Waals surface area contributed by atoms with Gasteiger partial charge in [0.05, 0.1) is 0 Å². The van der Waals surface area contributed by atoms with Crippen molar-refractivity contribution in [2.75, 3.05) is 31.1 Å². The van der Waals surface area contributed by atoms with Crippen LogP contribution in [0.3, 0.4) is 0 Å². The van der Waals surface area contributed by atoms with Crippen LogP contribution in [0, 0.1) is 0 Å². The number of amides is 2. The Kier molecular flexibility index (Phi) is 4.88. The summed E-state index contributed by atoms with van der Waals surface area (Å²) in [6.45, 7) is 9.56. The zero-order valence-electron chi connectivity index (χ0n) is 12.7. The van der Waals surface area contributed by atoms with Crippen molar-refractivity contribution in [1.82, 2.24) is 10.2 Å². The van der Waals surface area contributed by atoms with Crippen LogP contribution in [0.1, 0.15) is 26.3 Å². The van der Waals surface area contributed by atoms with Gasteiger partial charge >= 0.3 is 6.03 Å². The van der Waals surface area contributed by atoms with E-state index >= 15 is 0 Å². The predicted molar refractivity (Wildman–Crippen MR) is 83.3 cm³/mol. The van der Waals surface area contributed by atoms with Crippen molar-refractivity contribution in [3.05, 3.63) is 29.8 Å². The van der Waals surface area contributed by atoms with Crippen LogP contribution in [0.4, 0.5) is 10.5 Å². The van der Waals surface area contributed by atoms with E-state index in [1.54, 1.807) is 0 Å². The molecule has 2 rings (SSSR count). The van der Waals surface area contributed by atoms with Gasteiger partial charge in [0.2, 0.25) is 0 Å². The number of carbonyl (C=O) groups excluding carboxylic acids is 1. The van der Waals surface area contributed by atoms with E-state index in [2.05, 4.69) is 41.4 Å². The molecule has 4 heteroatoms. The molecule has 1 heterocycles. The second-order valence-electron chi connectivity index (χ2n) is 5.56. The summed E-state index contributed by atoms with van der Waals surface area (Å²) in [6, 6.07) is 8.81. The van der Waals surface area contributed by atoms with Crippen molar-refractivity contribution >= 4 is 11.7 Å². The first-order valence-electron chi connectivity index (χ1n) is 7.50. The van der Waals surface area contributed by atoms with E-state index in [1.807, 2.05) is 18.7 Å². The van der Waals surface area contributed by atoms with Crippen molar-refractivity contribution in [3.8, 4) is 0 Å². The van der Waals surface area contributed by atoms with Crippen molar-refractivity contribution in [3.63, 3.8) is 0 Å². The van der Waals surface area contributed by atoms with Crippen molar-refractivity contribution in [2.45, 2.75) is 33.2 Å². The minimum atomic E-state index is 0.0587. The Morgan fingerprint density at radius 3 is 2.45 bits per heavy atom. The summed E-state index contributed by atoms with van der Waals surface area (Å²) < 4.78 is 0. The molecular formula is C16H25N3O. The van der Waals surface area contributed by atoms with Gasteiger partial charge in [0.15, 0.2) is 0 Å². The van der Waals surface area contributed by atoms with Gasteiger partial charge in [-0.3, -0.25) is 0 Å². The summed E-state index contributed by atoms with van der Waals surface area (Å²) in [5.74, 6) is 0. The Balaban J connectivity index is 1.96. The van der Waals surface area contributed by atoms with E-state index in [4.69, 9.17) is 0 Å². The molecule has 2 amide bonds. The molecule has 0 radical (unpaired) electrons. The lowest BCUT2D eigenvalue weighted by molar-refractivity contribution is 0.192. The van der Waals surface area contributed by atoms with Gasteiger partial charge < -0.3 is 15.1 Å². The number of para-hydroxylation sites is 1. The molecule has 1 aliphatic heterocycles. The molecule has 1 N–H and O–H groups in total. The average Bonchev–Trinajstić information content (AvgIpc) is 2.46. The van der Waals surface area contributed by atoms with Gasteiger partial charge in [0, 0.05) is 37.9 Å². The zero-order chi connectivity index (χ0) is 14.5. The molecule has 1 saturated heterocycles. The Bertz CT molecular complexity index is 451. The molecule has 0 aliphatic carbocycles. The molecule has 4 nitrogen and oxygen atoms in total. The number of hydrogen-bond donors (Lipinski definition) is 1. The summed E-state index contributed by atoms with van der Waals surface area (Å²) in [6.07, 6.45) is 1.05. The first-order chi connectivity index (χ1) is 9.61. The molecule has 20 heavy (non-hydrogen) atoms. The number of aryl methyl sites for hydroxylation is 1. The van der Waals surface area contributed by atoms with Crippen molar-refractivity contribution in [1.29, 1.82) is 0 Å². The smallest absolute Gasteiger partial charge is 0.317 e. The lowest BCUT2D eigenvalue weighted by Crippen LogP contribution is -2.53. The molecule has 1 aliphatic rings. The average molecular weight is 275 g/mol. The van der Waals surface area contributed by atoms with Gasteiger partial charge in [-0.15, -0.1) is 0 Å². The SMILES string of the molecule is CCc1ccccc1N1CCN(C(=O)NC(C)C)CC1. The van der Waals surface area contributed by atoms with Gasteiger partial charge in [-0.2, -0.15) is 0 Å². The number of urea groups is 1.